The molecule has 1 rings (SSSR count). The Hall–Kier alpha value is -0.460. The summed E-state index contributed by atoms with van der Waals surface area (Å²) in [6, 6.07) is 5.13. The maximum absolute atomic E-state index is 13.1. The van der Waals surface area contributed by atoms with Gasteiger partial charge in [0.2, 0.25) is 10.0 Å². The number of hydrogen-bond acceptors (Lipinski definition) is 2. The molecule has 0 aromatic heterocycles. The van der Waals surface area contributed by atoms with Gasteiger partial charge in [-0.3, -0.25) is 0 Å². The number of nitrogens with zero attached hydrogens (tertiary/aromatic N) is 1. The zero-order chi connectivity index (χ0) is 13.6. The summed E-state index contributed by atoms with van der Waals surface area (Å²) in [6.45, 7) is 2.85. The molecule has 0 fully saturated rings. The lowest BCUT2D eigenvalue weighted by atomic mass is 10.3. The lowest BCUT2D eigenvalue weighted by molar-refractivity contribution is 0.421. The van der Waals surface area contributed by atoms with Gasteiger partial charge in [-0.25, -0.2) is 12.8 Å². The second-order valence-electron chi connectivity index (χ2n) is 3.90. The van der Waals surface area contributed by atoms with E-state index < -0.39 is 15.8 Å². The van der Waals surface area contributed by atoms with Gasteiger partial charge in [0.05, 0.1) is 4.90 Å². The highest BCUT2D eigenvalue weighted by atomic mass is 79.9. The van der Waals surface area contributed by atoms with Crippen molar-refractivity contribution in [2.75, 3.05) is 18.4 Å². The summed E-state index contributed by atoms with van der Waals surface area (Å²) < 4.78 is 39.1. The maximum Gasteiger partial charge on any atom is 0.243 e. The minimum atomic E-state index is -3.59. The van der Waals surface area contributed by atoms with Crippen LogP contribution < -0.4 is 0 Å². The molecule has 0 radical (unpaired) electrons. The first-order valence-electron chi connectivity index (χ1n) is 5.84. The average molecular weight is 338 g/mol. The Morgan fingerprint density at radius 3 is 2.61 bits per heavy atom. The minimum Gasteiger partial charge on any atom is -0.207 e. The van der Waals surface area contributed by atoms with E-state index in [1.165, 1.54) is 22.5 Å². The first-order chi connectivity index (χ1) is 8.52. The van der Waals surface area contributed by atoms with E-state index in [-0.39, 0.29) is 4.90 Å². The van der Waals surface area contributed by atoms with Gasteiger partial charge in [-0.2, -0.15) is 4.31 Å². The molecule has 0 bridgehead atoms. The Morgan fingerprint density at radius 2 is 2.06 bits per heavy atom. The van der Waals surface area contributed by atoms with Crippen LogP contribution >= 0.6 is 15.9 Å². The Labute approximate surface area is 116 Å². The third-order valence-electron chi connectivity index (χ3n) is 2.53. The Kier molecular flexibility index (Phi) is 6.25. The second-order valence-corrected chi connectivity index (χ2v) is 6.63. The van der Waals surface area contributed by atoms with E-state index in [9.17, 15) is 12.8 Å². The standard InChI is InChI=1S/C12H17BrFNO2S/c1-2-3-8-15(9-7-13)18(16,17)12-6-4-5-11(14)10-12/h4-6,10H,2-3,7-9H2,1H3. The normalized spacial score (nSPS) is 12.0. The van der Waals surface area contributed by atoms with E-state index in [0.29, 0.717) is 18.4 Å². The van der Waals surface area contributed by atoms with Gasteiger partial charge >= 0.3 is 0 Å². The van der Waals surface area contributed by atoms with E-state index in [4.69, 9.17) is 0 Å². The van der Waals surface area contributed by atoms with Crippen LogP contribution in [0.2, 0.25) is 0 Å². The molecule has 0 saturated carbocycles. The maximum atomic E-state index is 13.1. The van der Waals surface area contributed by atoms with Gasteiger partial charge in [0.15, 0.2) is 0 Å². The summed E-state index contributed by atoms with van der Waals surface area (Å²) >= 11 is 3.24. The molecule has 0 saturated heterocycles. The highest BCUT2D eigenvalue weighted by Crippen LogP contribution is 2.17. The number of hydrogen-bond donors (Lipinski definition) is 0. The molecule has 18 heavy (non-hydrogen) atoms. The monoisotopic (exact) mass is 337 g/mol. The molecule has 102 valence electrons. The van der Waals surface area contributed by atoms with Crippen molar-refractivity contribution in [3.63, 3.8) is 0 Å². The smallest absolute Gasteiger partial charge is 0.207 e. The van der Waals surface area contributed by atoms with E-state index in [0.717, 1.165) is 18.9 Å². The number of alkyl halides is 1. The van der Waals surface area contributed by atoms with Crippen LogP contribution in [0.25, 0.3) is 0 Å². The van der Waals surface area contributed by atoms with E-state index >= 15 is 0 Å². The van der Waals surface area contributed by atoms with Gasteiger partial charge in [-0.15, -0.1) is 0 Å². The quantitative estimate of drug-likeness (QED) is 0.717. The molecule has 0 spiro atoms. The fourth-order valence-corrected chi connectivity index (χ4v) is 3.73. The van der Waals surface area contributed by atoms with Crippen LogP contribution in [-0.4, -0.2) is 31.1 Å². The van der Waals surface area contributed by atoms with E-state index in [1.54, 1.807) is 0 Å². The molecule has 1 aromatic carbocycles. The minimum absolute atomic E-state index is 0.0135. The molecule has 0 unspecified atom stereocenters. The molecule has 0 aliphatic rings. The topological polar surface area (TPSA) is 37.4 Å². The summed E-state index contributed by atoms with van der Waals surface area (Å²) in [6.07, 6.45) is 1.71. The summed E-state index contributed by atoms with van der Waals surface area (Å²) in [7, 11) is -3.59. The lowest BCUT2D eigenvalue weighted by Gasteiger charge is -2.21. The number of rotatable bonds is 7. The van der Waals surface area contributed by atoms with Crippen molar-refractivity contribution in [1.29, 1.82) is 0 Å². The van der Waals surface area contributed by atoms with Gasteiger partial charge in [0, 0.05) is 18.4 Å². The molecule has 0 aliphatic carbocycles. The van der Waals surface area contributed by atoms with Crippen molar-refractivity contribution in [1.82, 2.24) is 4.31 Å². The van der Waals surface area contributed by atoms with Crippen LogP contribution in [0, 0.1) is 5.82 Å². The van der Waals surface area contributed by atoms with Crippen LogP contribution in [0.3, 0.4) is 0 Å². The second kappa shape index (κ2) is 7.21. The molecule has 6 heteroatoms. The molecule has 0 atom stereocenters. The molecule has 1 aromatic rings. The fourth-order valence-electron chi connectivity index (χ4n) is 1.56. The highest BCUT2D eigenvalue weighted by molar-refractivity contribution is 9.09. The van der Waals surface area contributed by atoms with Crippen molar-refractivity contribution in [3.05, 3.63) is 30.1 Å². The van der Waals surface area contributed by atoms with Crippen molar-refractivity contribution >= 4 is 26.0 Å². The predicted molar refractivity (Wildman–Crippen MR) is 73.9 cm³/mol. The van der Waals surface area contributed by atoms with Crippen LogP contribution in [0.4, 0.5) is 4.39 Å². The zero-order valence-electron chi connectivity index (χ0n) is 10.3. The van der Waals surface area contributed by atoms with Crippen molar-refractivity contribution in [2.24, 2.45) is 0 Å². The van der Waals surface area contributed by atoms with Crippen LogP contribution in [0.15, 0.2) is 29.2 Å². The van der Waals surface area contributed by atoms with Gasteiger partial charge in [0.1, 0.15) is 5.82 Å². The lowest BCUT2D eigenvalue weighted by Crippen LogP contribution is -2.33. The first-order valence-corrected chi connectivity index (χ1v) is 8.40. The summed E-state index contributed by atoms with van der Waals surface area (Å²) in [4.78, 5) is 0.0135. The molecule has 0 aliphatic heterocycles. The van der Waals surface area contributed by atoms with Crippen molar-refractivity contribution in [2.45, 2.75) is 24.7 Å². The zero-order valence-corrected chi connectivity index (χ0v) is 12.7. The number of halogens is 2. The Morgan fingerprint density at radius 1 is 1.33 bits per heavy atom. The first kappa shape index (κ1) is 15.6. The predicted octanol–water partition coefficient (Wildman–Crippen LogP) is 3.01. The van der Waals surface area contributed by atoms with Gasteiger partial charge in [-0.1, -0.05) is 35.3 Å². The van der Waals surface area contributed by atoms with E-state index in [2.05, 4.69) is 15.9 Å². The SMILES string of the molecule is CCCCN(CCBr)S(=O)(=O)c1cccc(F)c1. The van der Waals surface area contributed by atoms with Gasteiger partial charge in [-0.05, 0) is 24.6 Å². The summed E-state index contributed by atoms with van der Waals surface area (Å²) in [5.41, 5.74) is 0. The fraction of sp³-hybridized carbons (Fsp3) is 0.500. The average Bonchev–Trinajstić information content (AvgIpc) is 2.34. The Bertz CT molecular complexity index is 479. The van der Waals surface area contributed by atoms with Gasteiger partial charge < -0.3 is 0 Å². The number of unbranched alkanes of at least 4 members (excludes halogenated alkanes) is 1. The molecule has 0 N–H and O–H groups in total. The van der Waals surface area contributed by atoms with Crippen LogP contribution in [0.5, 0.6) is 0 Å². The van der Waals surface area contributed by atoms with Crippen molar-refractivity contribution < 1.29 is 12.8 Å². The van der Waals surface area contributed by atoms with E-state index in [1.807, 2.05) is 6.92 Å². The number of benzene rings is 1. The van der Waals surface area contributed by atoms with Crippen molar-refractivity contribution in [3.8, 4) is 0 Å². The van der Waals surface area contributed by atoms with Crippen LogP contribution in [0.1, 0.15) is 19.8 Å². The number of sulfonamides is 1. The summed E-state index contributed by atoms with van der Waals surface area (Å²) in [5, 5.41) is 0.561. The molecule has 0 heterocycles. The largest absolute Gasteiger partial charge is 0.243 e. The third-order valence-corrected chi connectivity index (χ3v) is 4.78. The third kappa shape index (κ3) is 4.03. The van der Waals surface area contributed by atoms with Gasteiger partial charge in [0.25, 0.3) is 0 Å². The molecular weight excluding hydrogens is 321 g/mol. The van der Waals surface area contributed by atoms with Crippen LogP contribution in [-0.2, 0) is 10.0 Å². The summed E-state index contributed by atoms with van der Waals surface area (Å²) in [5.74, 6) is -0.537. The highest BCUT2D eigenvalue weighted by Gasteiger charge is 2.23. The Balaban J connectivity index is 3.00. The molecular formula is C12H17BrFNO2S. The molecule has 0 amide bonds. The molecule has 3 nitrogen and oxygen atoms in total.